The van der Waals surface area contributed by atoms with Gasteiger partial charge in [0.25, 0.3) is 0 Å². The summed E-state index contributed by atoms with van der Waals surface area (Å²) in [5.74, 6) is -1.36. The van der Waals surface area contributed by atoms with Crippen LogP contribution < -0.4 is 0 Å². The van der Waals surface area contributed by atoms with Crippen LogP contribution >= 0.6 is 23.5 Å². The summed E-state index contributed by atoms with van der Waals surface area (Å²) in [6.45, 7) is 2.35. The van der Waals surface area contributed by atoms with Crippen LogP contribution in [0.3, 0.4) is 0 Å². The lowest BCUT2D eigenvalue weighted by atomic mass is 9.85. The van der Waals surface area contributed by atoms with Crippen LogP contribution in [0.5, 0.6) is 0 Å². The Balaban J connectivity index is 3.03. The topological polar surface area (TPSA) is 303 Å². The molecule has 254 valence electrons. The number of carbonyl (C=O) groups excluding carboxylic acids is 2. The number of aliphatic hydroxyl groups is 3. The highest BCUT2D eigenvalue weighted by molar-refractivity contribution is 7.47. The summed E-state index contributed by atoms with van der Waals surface area (Å²) in [4.78, 5) is 70.9. The Morgan fingerprint density at radius 1 is 0.651 bits per heavy atom. The normalized spacial score (nSPS) is 26.8. The molecule has 0 aliphatic heterocycles. The predicted octanol–water partition coefficient (Wildman–Crippen LogP) is 0.156. The third-order valence-corrected chi connectivity index (χ3v) is 7.94. The van der Waals surface area contributed by atoms with Gasteiger partial charge in [0.05, 0.1) is 6.61 Å². The fraction of sp³-hybridized carbons (Fsp3) is 0.905. The second-order valence-electron chi connectivity index (χ2n) is 9.64. The van der Waals surface area contributed by atoms with Crippen LogP contribution in [0, 0.1) is 0 Å². The first-order valence-electron chi connectivity index (χ1n) is 13.3. The molecule has 0 aromatic rings. The summed E-state index contributed by atoms with van der Waals surface area (Å²) in [7, 11) is -16.5. The molecule has 19 nitrogen and oxygen atoms in total. The van der Waals surface area contributed by atoms with E-state index in [2.05, 4.69) is 9.05 Å². The minimum absolute atomic E-state index is 0.0147. The lowest BCUT2D eigenvalue weighted by Crippen LogP contribution is -2.65. The van der Waals surface area contributed by atoms with Gasteiger partial charge >= 0.3 is 35.4 Å². The van der Waals surface area contributed by atoms with E-state index in [0.717, 1.165) is 19.3 Å². The summed E-state index contributed by atoms with van der Waals surface area (Å²) in [5, 5.41) is 31.2. The minimum atomic E-state index is -5.57. The molecule has 0 aromatic carbocycles. The van der Waals surface area contributed by atoms with E-state index < -0.39 is 91.3 Å². The van der Waals surface area contributed by atoms with E-state index in [1.807, 2.05) is 13.8 Å². The molecule has 1 rings (SSSR count). The van der Waals surface area contributed by atoms with Gasteiger partial charge < -0.3 is 49.3 Å². The van der Waals surface area contributed by atoms with E-state index >= 15 is 0 Å². The molecule has 22 heteroatoms. The number of phosphoric acid groups is 3. The second-order valence-corrected chi connectivity index (χ2v) is 13.4. The van der Waals surface area contributed by atoms with Crippen molar-refractivity contribution in [2.45, 2.75) is 108 Å². The molecule has 43 heavy (non-hydrogen) atoms. The molecule has 0 amide bonds. The van der Waals surface area contributed by atoms with E-state index in [1.54, 1.807) is 0 Å². The van der Waals surface area contributed by atoms with E-state index in [9.17, 15) is 43.5 Å². The lowest BCUT2D eigenvalue weighted by Gasteiger charge is -2.44. The van der Waals surface area contributed by atoms with Gasteiger partial charge in [-0.3, -0.25) is 27.7 Å². The van der Waals surface area contributed by atoms with Crippen molar-refractivity contribution in [1.82, 2.24) is 0 Å². The van der Waals surface area contributed by atoms with Crippen molar-refractivity contribution in [1.29, 1.82) is 0 Å². The van der Waals surface area contributed by atoms with Gasteiger partial charge in [0, 0.05) is 12.8 Å². The van der Waals surface area contributed by atoms with Crippen LogP contribution in [0.15, 0.2) is 0 Å². The molecule has 0 radical (unpaired) electrons. The number of hydrogen-bond donors (Lipinski definition) is 8. The maximum Gasteiger partial charge on any atom is 0.472 e. The zero-order chi connectivity index (χ0) is 33.0. The summed E-state index contributed by atoms with van der Waals surface area (Å²) >= 11 is 0. The molecule has 0 aromatic heterocycles. The number of ether oxygens (including phenoxy) is 2. The number of phosphoric ester groups is 3. The lowest BCUT2D eigenvalue weighted by molar-refractivity contribution is -0.213. The van der Waals surface area contributed by atoms with Crippen molar-refractivity contribution < 1.29 is 90.6 Å². The first-order chi connectivity index (χ1) is 19.8. The van der Waals surface area contributed by atoms with Crippen LogP contribution in [0.4, 0.5) is 0 Å². The number of esters is 2. The van der Waals surface area contributed by atoms with Crippen molar-refractivity contribution in [2.24, 2.45) is 0 Å². The number of unbranched alkanes of at least 4 members (excludes halogenated alkanes) is 4. The van der Waals surface area contributed by atoms with Crippen LogP contribution in [0.25, 0.3) is 0 Å². The van der Waals surface area contributed by atoms with E-state index in [4.69, 9.17) is 38.1 Å². The Hall–Kier alpha value is -0.850. The molecular formula is C21H41O19P3. The molecular weight excluding hydrogens is 649 g/mol. The fourth-order valence-electron chi connectivity index (χ4n) is 3.87. The molecule has 0 saturated heterocycles. The number of hydrogen-bond acceptors (Lipinski definition) is 14. The van der Waals surface area contributed by atoms with Crippen LogP contribution in [-0.2, 0) is 50.9 Å². The highest BCUT2D eigenvalue weighted by atomic mass is 31.2. The van der Waals surface area contributed by atoms with Crippen LogP contribution in [0.2, 0.25) is 0 Å². The first-order valence-corrected chi connectivity index (χ1v) is 17.9. The molecule has 1 aliphatic rings. The van der Waals surface area contributed by atoms with Crippen LogP contribution in [0.1, 0.15) is 65.2 Å². The van der Waals surface area contributed by atoms with Gasteiger partial charge in [-0.2, -0.15) is 0 Å². The molecule has 1 fully saturated rings. The quantitative estimate of drug-likeness (QED) is 0.0479. The molecule has 0 bridgehead atoms. The van der Waals surface area contributed by atoms with Gasteiger partial charge in [-0.15, -0.1) is 0 Å². The minimum Gasteiger partial charge on any atom is -0.462 e. The van der Waals surface area contributed by atoms with Gasteiger partial charge in [-0.05, 0) is 12.8 Å². The van der Waals surface area contributed by atoms with Gasteiger partial charge in [0.2, 0.25) is 0 Å². The Bertz CT molecular complexity index is 1010. The standard InChI is InChI=1S/C21H41O19P3/c1-3-5-7-9-14(22)35-11-13(37-15(23)10-8-6-4-2)12-36-43(33,34)40-19-16(24)17(25)20(38-41(27,28)29)21(18(19)26)39-42(30,31)32/h13,16-21,24-26H,3-12H2,1-2H3,(H,33,34)(H2,27,28,29)(H2,30,31,32)/t13-,16-,17-,18+,19+,20+,21+/m1/s1. The zero-order valence-electron chi connectivity index (χ0n) is 23.5. The Morgan fingerprint density at radius 2 is 1.12 bits per heavy atom. The molecule has 1 aliphatic carbocycles. The maximum absolute atomic E-state index is 12.7. The molecule has 1 unspecified atom stereocenters. The van der Waals surface area contributed by atoms with Gasteiger partial charge in [-0.25, -0.2) is 13.7 Å². The molecule has 0 spiro atoms. The third-order valence-electron chi connectivity index (χ3n) is 5.91. The number of rotatable bonds is 20. The molecule has 0 heterocycles. The third kappa shape index (κ3) is 15.8. The zero-order valence-corrected chi connectivity index (χ0v) is 26.2. The van der Waals surface area contributed by atoms with Crippen molar-refractivity contribution in [2.75, 3.05) is 13.2 Å². The Kier molecular flexibility index (Phi) is 17.1. The average molecular weight is 690 g/mol. The second kappa shape index (κ2) is 18.3. The van der Waals surface area contributed by atoms with Gasteiger partial charge in [-0.1, -0.05) is 39.5 Å². The fourth-order valence-corrected chi connectivity index (χ4v) is 5.97. The van der Waals surface area contributed by atoms with Gasteiger partial charge in [0.15, 0.2) is 6.10 Å². The summed E-state index contributed by atoms with van der Waals surface area (Å²) in [5.41, 5.74) is 0. The number of aliphatic hydroxyl groups excluding tert-OH is 3. The molecule has 1 saturated carbocycles. The monoisotopic (exact) mass is 690 g/mol. The number of carbonyl (C=O) groups is 2. The van der Waals surface area contributed by atoms with E-state index in [1.165, 1.54) is 0 Å². The summed E-state index contributed by atoms with van der Waals surface area (Å²) in [6, 6.07) is 0. The van der Waals surface area contributed by atoms with Crippen molar-refractivity contribution >= 4 is 35.4 Å². The van der Waals surface area contributed by atoms with E-state index in [0.29, 0.717) is 19.3 Å². The van der Waals surface area contributed by atoms with Gasteiger partial charge in [0.1, 0.15) is 43.2 Å². The maximum atomic E-state index is 12.7. The highest BCUT2D eigenvalue weighted by Gasteiger charge is 2.56. The van der Waals surface area contributed by atoms with Crippen LogP contribution in [-0.4, -0.2) is 108 Å². The molecule has 8 atom stereocenters. The smallest absolute Gasteiger partial charge is 0.462 e. The Morgan fingerprint density at radius 3 is 1.60 bits per heavy atom. The van der Waals surface area contributed by atoms with Crippen molar-refractivity contribution in [3.63, 3.8) is 0 Å². The highest BCUT2D eigenvalue weighted by Crippen LogP contribution is 2.51. The largest absolute Gasteiger partial charge is 0.472 e. The SMILES string of the molecule is CCCCCC(=O)OC[C@H](COP(=O)(O)O[C@H]1[C@H](O)[C@@H](O)[C@H](OP(=O)(O)O)[C@@H](OP(=O)(O)O)[C@H]1O)OC(=O)CCCCC. The average Bonchev–Trinajstić information content (AvgIpc) is 2.88. The first kappa shape index (κ1) is 40.2. The molecule has 8 N–H and O–H groups in total. The predicted molar refractivity (Wildman–Crippen MR) is 142 cm³/mol. The summed E-state index contributed by atoms with van der Waals surface area (Å²) in [6.07, 6.45) is -12.1. The summed E-state index contributed by atoms with van der Waals surface area (Å²) < 4.78 is 63.6. The van der Waals surface area contributed by atoms with Crippen molar-refractivity contribution in [3.8, 4) is 0 Å². The Labute approximate surface area is 247 Å². The van der Waals surface area contributed by atoms with E-state index in [-0.39, 0.29) is 12.8 Å². The van der Waals surface area contributed by atoms with Crippen molar-refractivity contribution in [3.05, 3.63) is 0 Å².